The highest BCUT2D eigenvalue weighted by Gasteiger charge is 2.19. The number of methoxy groups -OCH3 is 1. The van der Waals surface area contributed by atoms with Crippen LogP contribution in [0.4, 0.5) is 0 Å². The Morgan fingerprint density at radius 2 is 1.44 bits per heavy atom. The van der Waals surface area contributed by atoms with E-state index in [-0.39, 0.29) is 32.6 Å². The molecule has 0 saturated carbocycles. The molecule has 1 unspecified atom stereocenters. The van der Waals surface area contributed by atoms with Gasteiger partial charge in [0.25, 0.3) is 7.82 Å². The number of likely N-dealkylation sites (N-methyl/N-ethyl adjacent to an activating group) is 1. The third-order valence-electron chi connectivity index (χ3n) is 6.51. The summed E-state index contributed by atoms with van der Waals surface area (Å²) in [5, 5.41) is 0. The minimum Gasteiger partial charge on any atom is -0.756 e. The predicted molar refractivity (Wildman–Crippen MR) is 170 cm³/mol. The van der Waals surface area contributed by atoms with Gasteiger partial charge >= 0.3 is 5.97 Å². The fraction of sp³-hybridized carbons (Fsp3) is 0.844. The van der Waals surface area contributed by atoms with Crippen molar-refractivity contribution in [2.75, 3.05) is 74.6 Å². The Bertz CT molecular complexity index is 756. The largest absolute Gasteiger partial charge is 0.756 e. The molecule has 0 aromatic carbocycles. The molecule has 254 valence electrons. The molecule has 0 spiro atoms. The number of phosphoric acid groups is 1. The smallest absolute Gasteiger partial charge is 0.305 e. The number of quaternary nitrogens is 1. The predicted octanol–water partition coefficient (Wildman–Crippen LogP) is 6.34. The number of nitrogens with zero attached hydrogens (tertiary/aromatic N) is 1. The molecule has 11 heteroatoms. The van der Waals surface area contributed by atoms with Crippen molar-refractivity contribution in [2.24, 2.45) is 0 Å². The molecule has 0 saturated heterocycles. The zero-order valence-corrected chi connectivity index (χ0v) is 28.7. The summed E-state index contributed by atoms with van der Waals surface area (Å²) in [5.41, 5.74) is 0. The van der Waals surface area contributed by atoms with Crippen molar-refractivity contribution in [3.8, 4) is 0 Å². The lowest BCUT2D eigenvalue weighted by Crippen LogP contribution is -2.37. The molecule has 0 bridgehead atoms. The van der Waals surface area contributed by atoms with Crippen molar-refractivity contribution in [3.63, 3.8) is 0 Å². The molecule has 10 nitrogen and oxygen atoms in total. The highest BCUT2D eigenvalue weighted by atomic mass is 31.2. The maximum atomic E-state index is 12.2. The molecule has 0 amide bonds. The van der Waals surface area contributed by atoms with Gasteiger partial charge in [-0.15, -0.1) is 0 Å². The average Bonchev–Trinajstić information content (AvgIpc) is 2.94. The summed E-state index contributed by atoms with van der Waals surface area (Å²) in [5.74, 6) is -0.346. The van der Waals surface area contributed by atoms with Crippen molar-refractivity contribution in [1.82, 2.24) is 0 Å². The molecule has 0 rings (SSSR count). The number of hydrogen-bond acceptors (Lipinski definition) is 9. The lowest BCUT2D eigenvalue weighted by atomic mass is 10.1. The zero-order chi connectivity index (χ0) is 32.1. The fourth-order valence-corrected chi connectivity index (χ4v) is 4.55. The van der Waals surface area contributed by atoms with Gasteiger partial charge in [0.05, 0.1) is 41.0 Å². The molecule has 0 aliphatic heterocycles. The van der Waals surface area contributed by atoms with Crippen LogP contribution in [0.3, 0.4) is 0 Å². The number of hydrogen-bond donors (Lipinski definition) is 0. The van der Waals surface area contributed by atoms with E-state index in [4.69, 9.17) is 28.0 Å². The van der Waals surface area contributed by atoms with Crippen LogP contribution in [0.2, 0.25) is 0 Å². The summed E-state index contributed by atoms with van der Waals surface area (Å²) in [4.78, 5) is 24.4. The lowest BCUT2D eigenvalue weighted by Gasteiger charge is -2.28. The molecule has 0 aliphatic carbocycles. The number of carbonyl (C=O) groups excluding carboxylic acids is 1. The van der Waals surface area contributed by atoms with Crippen LogP contribution in [0, 0.1) is 0 Å². The van der Waals surface area contributed by atoms with Gasteiger partial charge in [0.15, 0.2) is 0 Å². The number of carbonyl (C=O) groups is 1. The lowest BCUT2D eigenvalue weighted by molar-refractivity contribution is -0.870. The number of ether oxygens (including phenoxy) is 4. The Morgan fingerprint density at radius 3 is 2.07 bits per heavy atom. The van der Waals surface area contributed by atoms with Crippen molar-refractivity contribution in [1.29, 1.82) is 0 Å². The molecule has 0 aliphatic rings. The first kappa shape index (κ1) is 41.9. The third-order valence-corrected chi connectivity index (χ3v) is 7.47. The van der Waals surface area contributed by atoms with Gasteiger partial charge in [-0.1, -0.05) is 76.2 Å². The summed E-state index contributed by atoms with van der Waals surface area (Å²) in [6.45, 7) is 2.82. The first-order chi connectivity index (χ1) is 20.6. The normalized spacial score (nSPS) is 14.5. The summed E-state index contributed by atoms with van der Waals surface area (Å²) < 4.78 is 43.6. The number of rotatable bonds is 31. The quantitative estimate of drug-likeness (QED) is 0.0215. The molecule has 0 aromatic heterocycles. The summed E-state index contributed by atoms with van der Waals surface area (Å²) in [6.07, 6.45) is 23.5. The maximum Gasteiger partial charge on any atom is 0.305 e. The Morgan fingerprint density at radius 1 is 0.814 bits per heavy atom. The van der Waals surface area contributed by atoms with E-state index in [1.807, 2.05) is 21.1 Å². The minimum atomic E-state index is -4.52. The monoisotopic (exact) mass is 635 g/mol. The van der Waals surface area contributed by atoms with E-state index in [1.165, 1.54) is 51.4 Å². The first-order valence-electron chi connectivity index (χ1n) is 16.1. The van der Waals surface area contributed by atoms with Gasteiger partial charge in [-0.2, -0.15) is 0 Å². The summed E-state index contributed by atoms with van der Waals surface area (Å²) in [7, 11) is 2.82. The number of esters is 1. The molecular formula is C32H62NO9P. The van der Waals surface area contributed by atoms with Crippen molar-refractivity contribution < 1.29 is 46.7 Å². The summed E-state index contributed by atoms with van der Waals surface area (Å²) >= 11 is 0. The van der Waals surface area contributed by atoms with Gasteiger partial charge in [-0.3, -0.25) is 9.36 Å². The SMILES string of the molecule is CCCCC/C=C\C/C=C\CCCCCCCCCC(=O)OC[C@H](COP(=O)([O-])OCC[N+](C)(C)C)OCOCCOC. The number of phosphoric ester groups is 1. The molecular weight excluding hydrogens is 573 g/mol. The Kier molecular flexibility index (Phi) is 27.7. The number of allylic oxidation sites excluding steroid dienone is 4. The van der Waals surface area contributed by atoms with E-state index < -0.39 is 13.9 Å². The van der Waals surface area contributed by atoms with Gasteiger partial charge < -0.3 is 37.4 Å². The van der Waals surface area contributed by atoms with E-state index >= 15 is 0 Å². The van der Waals surface area contributed by atoms with Crippen LogP contribution in [0.5, 0.6) is 0 Å². The highest BCUT2D eigenvalue weighted by Crippen LogP contribution is 2.38. The molecule has 2 atom stereocenters. The van der Waals surface area contributed by atoms with Crippen LogP contribution in [-0.4, -0.2) is 91.2 Å². The van der Waals surface area contributed by atoms with Crippen molar-refractivity contribution in [3.05, 3.63) is 24.3 Å². The molecule has 43 heavy (non-hydrogen) atoms. The molecule has 0 fully saturated rings. The van der Waals surface area contributed by atoms with Crippen LogP contribution >= 0.6 is 7.82 Å². The van der Waals surface area contributed by atoms with Crippen LogP contribution < -0.4 is 4.89 Å². The van der Waals surface area contributed by atoms with Crippen molar-refractivity contribution >= 4 is 13.8 Å². The maximum absolute atomic E-state index is 12.2. The molecule has 0 radical (unpaired) electrons. The minimum absolute atomic E-state index is 0.000374. The van der Waals surface area contributed by atoms with E-state index in [9.17, 15) is 14.3 Å². The van der Waals surface area contributed by atoms with Gasteiger partial charge in [0, 0.05) is 13.5 Å². The van der Waals surface area contributed by atoms with E-state index in [0.29, 0.717) is 30.7 Å². The number of unbranched alkanes of at least 4 members (excludes halogenated alkanes) is 10. The molecule has 0 N–H and O–H groups in total. The van der Waals surface area contributed by atoms with Gasteiger partial charge in [-0.25, -0.2) is 0 Å². The third kappa shape index (κ3) is 32.1. The van der Waals surface area contributed by atoms with Crippen molar-refractivity contribution in [2.45, 2.75) is 103 Å². The Balaban J connectivity index is 4.06. The standard InChI is InChI=1S/C32H62NO9P/c1-6-7-8-9-10-11-12-13-14-15-16-17-18-19-20-21-22-23-32(34)39-28-31(40-30-38-27-26-37-5)29-42-43(35,36)41-25-24-33(2,3)4/h10-11,13-14,31H,6-9,12,15-30H2,1-5H3/b11-10-,14-13-/t31-/m1/s1. The molecule has 0 aromatic rings. The zero-order valence-electron chi connectivity index (χ0n) is 27.8. The van der Waals surface area contributed by atoms with E-state index in [1.54, 1.807) is 7.11 Å². The summed E-state index contributed by atoms with van der Waals surface area (Å²) in [6, 6.07) is 0. The van der Waals surface area contributed by atoms with Crippen LogP contribution in [0.1, 0.15) is 96.8 Å². The van der Waals surface area contributed by atoms with Gasteiger partial charge in [0.1, 0.15) is 32.7 Å². The topological polar surface area (TPSA) is 113 Å². The van der Waals surface area contributed by atoms with Gasteiger partial charge in [0.2, 0.25) is 0 Å². The fourth-order valence-electron chi connectivity index (χ4n) is 3.82. The second-order valence-corrected chi connectivity index (χ2v) is 13.2. The van der Waals surface area contributed by atoms with Crippen LogP contribution in [0.25, 0.3) is 0 Å². The highest BCUT2D eigenvalue weighted by molar-refractivity contribution is 7.45. The second-order valence-electron chi connectivity index (χ2n) is 11.8. The Labute approximate surface area is 262 Å². The van der Waals surface area contributed by atoms with Crippen LogP contribution in [-0.2, 0) is 37.4 Å². The second kappa shape index (κ2) is 28.4. The van der Waals surface area contributed by atoms with Crippen LogP contribution in [0.15, 0.2) is 24.3 Å². The van der Waals surface area contributed by atoms with Gasteiger partial charge in [-0.05, 0) is 38.5 Å². The average molecular weight is 636 g/mol. The first-order valence-corrected chi connectivity index (χ1v) is 17.6. The van der Waals surface area contributed by atoms with E-state index in [2.05, 4.69) is 31.2 Å². The molecule has 0 heterocycles. The Hall–Kier alpha value is -1.10. The van der Waals surface area contributed by atoms with E-state index in [0.717, 1.165) is 32.1 Å².